The second kappa shape index (κ2) is 6.22. The van der Waals surface area contributed by atoms with Gasteiger partial charge in [0.05, 0.1) is 23.6 Å². The monoisotopic (exact) mass is 300 g/mol. The van der Waals surface area contributed by atoms with Crippen molar-refractivity contribution < 1.29 is 4.79 Å². The second-order valence-electron chi connectivity index (χ2n) is 5.86. The summed E-state index contributed by atoms with van der Waals surface area (Å²) in [5.74, 6) is -0.0393. The number of nitrogens with zero attached hydrogens (tertiary/aromatic N) is 3. The van der Waals surface area contributed by atoms with Crippen LogP contribution in [0.3, 0.4) is 0 Å². The first kappa shape index (κ1) is 16.1. The summed E-state index contributed by atoms with van der Waals surface area (Å²) in [6.07, 6.45) is 0. The molecule has 0 aliphatic carbocycles. The molecule has 0 atom stereocenters. The number of benzene rings is 1. The van der Waals surface area contributed by atoms with Gasteiger partial charge in [-0.05, 0) is 44.9 Å². The van der Waals surface area contributed by atoms with E-state index in [9.17, 15) is 4.79 Å². The molecule has 22 heavy (non-hydrogen) atoms. The summed E-state index contributed by atoms with van der Waals surface area (Å²) in [5.41, 5.74) is 6.03. The lowest BCUT2D eigenvalue weighted by Gasteiger charge is -2.21. The SMILES string of the molecule is Cc1ccc(C)c(N(C)CC(=O)Nc2c(C)nn(C)c2C)c1. The maximum Gasteiger partial charge on any atom is 0.243 e. The van der Waals surface area contributed by atoms with Crippen LogP contribution in [0, 0.1) is 27.7 Å². The van der Waals surface area contributed by atoms with E-state index in [0.717, 1.165) is 28.3 Å². The van der Waals surface area contributed by atoms with E-state index in [0.29, 0.717) is 6.54 Å². The fourth-order valence-corrected chi connectivity index (χ4v) is 2.56. The molecule has 0 fully saturated rings. The van der Waals surface area contributed by atoms with E-state index in [1.165, 1.54) is 5.56 Å². The first-order valence-electron chi connectivity index (χ1n) is 7.38. The van der Waals surface area contributed by atoms with E-state index >= 15 is 0 Å². The van der Waals surface area contributed by atoms with Crippen LogP contribution in [0.25, 0.3) is 0 Å². The van der Waals surface area contributed by atoms with Crippen LogP contribution in [0.4, 0.5) is 11.4 Å². The third-order valence-electron chi connectivity index (χ3n) is 3.93. The van der Waals surface area contributed by atoms with Crippen molar-refractivity contribution in [2.45, 2.75) is 27.7 Å². The molecule has 0 aliphatic heterocycles. The van der Waals surface area contributed by atoms with Crippen molar-refractivity contribution in [2.75, 3.05) is 23.8 Å². The first-order chi connectivity index (χ1) is 10.3. The Hall–Kier alpha value is -2.30. The van der Waals surface area contributed by atoms with E-state index in [4.69, 9.17) is 0 Å². The zero-order valence-electron chi connectivity index (χ0n) is 14.2. The highest BCUT2D eigenvalue weighted by Crippen LogP contribution is 2.21. The largest absolute Gasteiger partial charge is 0.365 e. The molecule has 0 unspecified atom stereocenters. The number of rotatable bonds is 4. The Kier molecular flexibility index (Phi) is 4.54. The summed E-state index contributed by atoms with van der Waals surface area (Å²) in [4.78, 5) is 14.3. The zero-order valence-corrected chi connectivity index (χ0v) is 14.2. The molecule has 1 aromatic carbocycles. The minimum Gasteiger partial charge on any atom is -0.365 e. The molecule has 0 bridgehead atoms. The molecule has 5 heteroatoms. The summed E-state index contributed by atoms with van der Waals surface area (Å²) in [6.45, 7) is 8.26. The van der Waals surface area contributed by atoms with Crippen LogP contribution < -0.4 is 10.2 Å². The number of anilines is 2. The van der Waals surface area contributed by atoms with E-state index in [1.807, 2.05) is 32.8 Å². The summed E-state index contributed by atoms with van der Waals surface area (Å²) >= 11 is 0. The van der Waals surface area contributed by atoms with Crippen molar-refractivity contribution in [1.29, 1.82) is 0 Å². The van der Waals surface area contributed by atoms with Gasteiger partial charge in [-0.1, -0.05) is 12.1 Å². The lowest BCUT2D eigenvalue weighted by molar-refractivity contribution is -0.114. The van der Waals surface area contributed by atoms with Crippen LogP contribution in [-0.4, -0.2) is 29.3 Å². The Labute approximate surface area is 131 Å². The summed E-state index contributed by atoms with van der Waals surface area (Å²) in [6, 6.07) is 6.26. The number of carbonyl (C=O) groups is 1. The number of aryl methyl sites for hydroxylation is 4. The molecule has 2 aromatic rings. The maximum absolute atomic E-state index is 12.3. The van der Waals surface area contributed by atoms with Gasteiger partial charge in [-0.15, -0.1) is 0 Å². The average Bonchev–Trinajstić information content (AvgIpc) is 2.68. The normalized spacial score (nSPS) is 10.6. The summed E-state index contributed by atoms with van der Waals surface area (Å²) in [5, 5.41) is 7.29. The predicted molar refractivity (Wildman–Crippen MR) is 90.5 cm³/mol. The number of amides is 1. The van der Waals surface area contributed by atoms with E-state index in [2.05, 4.69) is 42.5 Å². The molecule has 0 saturated carbocycles. The molecule has 118 valence electrons. The van der Waals surface area contributed by atoms with Crippen LogP contribution in [-0.2, 0) is 11.8 Å². The van der Waals surface area contributed by atoms with Crippen molar-refractivity contribution >= 4 is 17.3 Å². The first-order valence-corrected chi connectivity index (χ1v) is 7.38. The highest BCUT2D eigenvalue weighted by Gasteiger charge is 2.14. The van der Waals surface area contributed by atoms with Gasteiger partial charge in [0, 0.05) is 19.8 Å². The Morgan fingerprint density at radius 1 is 1.27 bits per heavy atom. The average molecular weight is 300 g/mol. The molecular weight excluding hydrogens is 276 g/mol. The lowest BCUT2D eigenvalue weighted by Crippen LogP contribution is -2.30. The third kappa shape index (κ3) is 3.30. The van der Waals surface area contributed by atoms with Gasteiger partial charge in [0.15, 0.2) is 0 Å². The number of likely N-dealkylation sites (N-methyl/N-ethyl adjacent to an activating group) is 1. The Balaban J connectivity index is 2.10. The van der Waals surface area contributed by atoms with Crippen LogP contribution in [0.1, 0.15) is 22.5 Å². The zero-order chi connectivity index (χ0) is 16.4. The van der Waals surface area contributed by atoms with Gasteiger partial charge in [-0.2, -0.15) is 5.10 Å². The van der Waals surface area contributed by atoms with E-state index < -0.39 is 0 Å². The second-order valence-corrected chi connectivity index (χ2v) is 5.86. The van der Waals surface area contributed by atoms with Gasteiger partial charge in [-0.3, -0.25) is 9.48 Å². The molecule has 0 aliphatic rings. The van der Waals surface area contributed by atoms with Crippen molar-refractivity contribution in [2.24, 2.45) is 7.05 Å². The van der Waals surface area contributed by atoms with Crippen LogP contribution in [0.5, 0.6) is 0 Å². The molecule has 5 nitrogen and oxygen atoms in total. The fraction of sp³-hybridized carbons (Fsp3) is 0.412. The summed E-state index contributed by atoms with van der Waals surface area (Å²) < 4.78 is 1.78. The van der Waals surface area contributed by atoms with Crippen molar-refractivity contribution in [1.82, 2.24) is 9.78 Å². The van der Waals surface area contributed by atoms with Crippen LogP contribution in [0.15, 0.2) is 18.2 Å². The highest BCUT2D eigenvalue weighted by molar-refractivity contribution is 5.95. The van der Waals surface area contributed by atoms with E-state index in [1.54, 1.807) is 4.68 Å². The quantitative estimate of drug-likeness (QED) is 0.944. The summed E-state index contributed by atoms with van der Waals surface area (Å²) in [7, 11) is 3.81. The maximum atomic E-state index is 12.3. The number of nitrogens with one attached hydrogen (secondary N) is 1. The van der Waals surface area contributed by atoms with Crippen LogP contribution in [0.2, 0.25) is 0 Å². The molecule has 0 spiro atoms. The molecule has 1 amide bonds. The molecular formula is C17H24N4O. The molecule has 1 aromatic heterocycles. The Bertz CT molecular complexity index is 703. The minimum absolute atomic E-state index is 0.0393. The third-order valence-corrected chi connectivity index (χ3v) is 3.93. The minimum atomic E-state index is -0.0393. The number of hydrogen-bond acceptors (Lipinski definition) is 3. The van der Waals surface area contributed by atoms with Gasteiger partial charge < -0.3 is 10.2 Å². The molecule has 2 rings (SSSR count). The van der Waals surface area contributed by atoms with Gasteiger partial charge in [-0.25, -0.2) is 0 Å². The highest BCUT2D eigenvalue weighted by atomic mass is 16.2. The van der Waals surface area contributed by atoms with Crippen LogP contribution >= 0.6 is 0 Å². The molecule has 0 saturated heterocycles. The van der Waals surface area contributed by atoms with Gasteiger partial charge >= 0.3 is 0 Å². The smallest absolute Gasteiger partial charge is 0.243 e. The van der Waals surface area contributed by atoms with Gasteiger partial charge in [0.2, 0.25) is 5.91 Å². The number of hydrogen-bond donors (Lipinski definition) is 1. The van der Waals surface area contributed by atoms with E-state index in [-0.39, 0.29) is 5.91 Å². The predicted octanol–water partition coefficient (Wildman–Crippen LogP) is 2.73. The lowest BCUT2D eigenvalue weighted by atomic mass is 10.1. The van der Waals surface area contributed by atoms with Crippen molar-refractivity contribution in [3.05, 3.63) is 40.7 Å². The van der Waals surface area contributed by atoms with Gasteiger partial charge in [0.1, 0.15) is 0 Å². The topological polar surface area (TPSA) is 50.2 Å². The molecule has 1 N–H and O–H groups in total. The molecule has 1 heterocycles. The standard InChI is InChI=1S/C17H24N4O/c1-11-7-8-12(2)15(9-11)20(5)10-16(22)18-17-13(3)19-21(6)14(17)4/h7-9H,10H2,1-6H3,(H,18,22). The Morgan fingerprint density at radius 2 is 1.95 bits per heavy atom. The van der Waals surface area contributed by atoms with Crippen molar-refractivity contribution in [3.8, 4) is 0 Å². The number of aromatic nitrogens is 2. The van der Waals surface area contributed by atoms with Gasteiger partial charge in [0.25, 0.3) is 0 Å². The fourth-order valence-electron chi connectivity index (χ4n) is 2.56. The number of carbonyl (C=O) groups excluding carboxylic acids is 1. The molecule has 0 radical (unpaired) electrons. The van der Waals surface area contributed by atoms with Crippen molar-refractivity contribution in [3.63, 3.8) is 0 Å². The Morgan fingerprint density at radius 3 is 2.55 bits per heavy atom.